The maximum absolute atomic E-state index is 3.63. The van der Waals surface area contributed by atoms with Crippen LogP contribution in [0, 0.1) is 0 Å². The molecule has 106 valence electrons. The van der Waals surface area contributed by atoms with Crippen LogP contribution in [-0.2, 0) is 6.54 Å². The Hall–Kier alpha value is -1.16. The van der Waals surface area contributed by atoms with Gasteiger partial charge in [-0.1, -0.05) is 30.3 Å². The predicted octanol–water partition coefficient (Wildman–Crippen LogP) is 3.67. The molecule has 0 amide bonds. The lowest BCUT2D eigenvalue weighted by molar-refractivity contribution is 0.238. The van der Waals surface area contributed by atoms with Crippen LogP contribution >= 0.6 is 11.3 Å². The minimum Gasteiger partial charge on any atom is -0.311 e. The van der Waals surface area contributed by atoms with Crippen molar-refractivity contribution in [3.8, 4) is 0 Å². The second-order valence-corrected chi connectivity index (χ2v) is 6.21. The molecular formula is C17H22N2S. The van der Waals surface area contributed by atoms with Gasteiger partial charge >= 0.3 is 0 Å². The summed E-state index contributed by atoms with van der Waals surface area (Å²) in [6.45, 7) is 4.47. The van der Waals surface area contributed by atoms with Crippen molar-refractivity contribution in [2.45, 2.75) is 25.4 Å². The lowest BCUT2D eigenvalue weighted by Crippen LogP contribution is -2.33. The van der Waals surface area contributed by atoms with E-state index in [1.165, 1.54) is 37.1 Å². The van der Waals surface area contributed by atoms with Gasteiger partial charge in [0, 0.05) is 19.1 Å². The molecular weight excluding hydrogens is 264 g/mol. The summed E-state index contributed by atoms with van der Waals surface area (Å²) in [6, 6.07) is 13.6. The monoisotopic (exact) mass is 286 g/mol. The molecule has 0 saturated carbocycles. The third-order valence-corrected chi connectivity index (χ3v) is 4.74. The van der Waals surface area contributed by atoms with Crippen LogP contribution in [0.3, 0.4) is 0 Å². The van der Waals surface area contributed by atoms with Crippen LogP contribution in [0.4, 0.5) is 0 Å². The molecule has 1 saturated heterocycles. The average Bonchev–Trinajstić information content (AvgIpc) is 3.18. The van der Waals surface area contributed by atoms with E-state index >= 15 is 0 Å². The molecule has 3 rings (SSSR count). The van der Waals surface area contributed by atoms with E-state index in [1.807, 2.05) is 0 Å². The van der Waals surface area contributed by atoms with Crippen molar-refractivity contribution in [2.75, 3.05) is 19.6 Å². The van der Waals surface area contributed by atoms with Gasteiger partial charge < -0.3 is 5.32 Å². The predicted molar refractivity (Wildman–Crippen MR) is 86.0 cm³/mol. The van der Waals surface area contributed by atoms with Crippen LogP contribution in [0.25, 0.3) is 0 Å². The number of nitrogens with one attached hydrogen (secondary N) is 1. The lowest BCUT2D eigenvalue weighted by atomic mass is 10.1. The summed E-state index contributed by atoms with van der Waals surface area (Å²) in [7, 11) is 0. The van der Waals surface area contributed by atoms with Gasteiger partial charge in [0.05, 0.1) is 0 Å². The molecule has 0 radical (unpaired) electrons. The number of nitrogens with zero attached hydrogens (tertiary/aromatic N) is 1. The normalized spacial score (nSPS) is 17.4. The molecule has 1 aliphatic heterocycles. The first-order chi connectivity index (χ1) is 9.93. The van der Waals surface area contributed by atoms with E-state index in [0.717, 1.165) is 13.1 Å². The fourth-order valence-electron chi connectivity index (χ4n) is 2.93. The number of hydrogen-bond donors (Lipinski definition) is 1. The van der Waals surface area contributed by atoms with E-state index in [1.54, 1.807) is 11.3 Å². The van der Waals surface area contributed by atoms with E-state index in [-0.39, 0.29) is 0 Å². The first-order valence-corrected chi connectivity index (χ1v) is 8.38. The van der Waals surface area contributed by atoms with E-state index in [9.17, 15) is 0 Å². The molecule has 0 aliphatic carbocycles. The molecule has 1 N–H and O–H groups in total. The molecule has 1 aromatic carbocycles. The summed E-state index contributed by atoms with van der Waals surface area (Å²) in [5, 5.41) is 8.00. The molecule has 2 aromatic rings. The zero-order valence-electron chi connectivity index (χ0n) is 11.8. The average molecular weight is 286 g/mol. The van der Waals surface area contributed by atoms with E-state index in [0.29, 0.717) is 6.04 Å². The van der Waals surface area contributed by atoms with Crippen molar-refractivity contribution >= 4 is 11.3 Å². The highest BCUT2D eigenvalue weighted by molar-refractivity contribution is 7.07. The first-order valence-electron chi connectivity index (χ1n) is 7.44. The van der Waals surface area contributed by atoms with Crippen molar-refractivity contribution in [1.82, 2.24) is 10.2 Å². The maximum atomic E-state index is 3.63. The molecule has 0 bridgehead atoms. The Morgan fingerprint density at radius 1 is 1.10 bits per heavy atom. The molecule has 3 heteroatoms. The summed E-state index contributed by atoms with van der Waals surface area (Å²) < 4.78 is 0. The smallest absolute Gasteiger partial charge is 0.0472 e. The lowest BCUT2D eigenvalue weighted by Gasteiger charge is -2.28. The summed E-state index contributed by atoms with van der Waals surface area (Å²) in [5.41, 5.74) is 2.83. The number of benzene rings is 1. The zero-order chi connectivity index (χ0) is 13.6. The quantitative estimate of drug-likeness (QED) is 0.871. The van der Waals surface area contributed by atoms with Crippen molar-refractivity contribution < 1.29 is 0 Å². The number of hydrogen-bond acceptors (Lipinski definition) is 3. The van der Waals surface area contributed by atoms with Crippen LogP contribution in [0.15, 0.2) is 47.2 Å². The first kappa shape index (κ1) is 13.8. The Bertz CT molecular complexity index is 489. The van der Waals surface area contributed by atoms with Crippen molar-refractivity contribution in [2.24, 2.45) is 0 Å². The van der Waals surface area contributed by atoms with Gasteiger partial charge in [-0.3, -0.25) is 4.90 Å². The molecule has 2 nitrogen and oxygen atoms in total. The molecule has 1 atom stereocenters. The SMILES string of the molecule is c1ccc([C@H](CNCc2ccsc2)N2CCCC2)cc1. The largest absolute Gasteiger partial charge is 0.311 e. The van der Waals surface area contributed by atoms with Crippen molar-refractivity contribution in [3.63, 3.8) is 0 Å². The summed E-state index contributed by atoms with van der Waals surface area (Å²) in [6.07, 6.45) is 2.68. The second-order valence-electron chi connectivity index (χ2n) is 5.43. The van der Waals surface area contributed by atoms with Gasteiger partial charge in [0.15, 0.2) is 0 Å². The van der Waals surface area contributed by atoms with Gasteiger partial charge in [-0.2, -0.15) is 11.3 Å². The second kappa shape index (κ2) is 7.02. The van der Waals surface area contributed by atoms with Crippen LogP contribution in [0.1, 0.15) is 30.0 Å². The topological polar surface area (TPSA) is 15.3 Å². The van der Waals surface area contributed by atoms with E-state index in [2.05, 4.69) is 57.4 Å². The fraction of sp³-hybridized carbons (Fsp3) is 0.412. The molecule has 1 fully saturated rings. The Labute approximate surface area is 125 Å². The Kier molecular flexibility index (Phi) is 4.85. The van der Waals surface area contributed by atoms with Gasteiger partial charge in [-0.05, 0) is 53.9 Å². The molecule has 1 aromatic heterocycles. The summed E-state index contributed by atoms with van der Waals surface area (Å²) >= 11 is 1.77. The summed E-state index contributed by atoms with van der Waals surface area (Å²) in [4.78, 5) is 2.62. The highest BCUT2D eigenvalue weighted by atomic mass is 32.1. The van der Waals surface area contributed by atoms with Crippen LogP contribution < -0.4 is 5.32 Å². The number of likely N-dealkylation sites (tertiary alicyclic amines) is 1. The Morgan fingerprint density at radius 2 is 1.90 bits per heavy atom. The molecule has 2 heterocycles. The van der Waals surface area contributed by atoms with Crippen LogP contribution in [-0.4, -0.2) is 24.5 Å². The maximum Gasteiger partial charge on any atom is 0.0472 e. The highest BCUT2D eigenvalue weighted by Gasteiger charge is 2.22. The van der Waals surface area contributed by atoms with Gasteiger partial charge in [0.25, 0.3) is 0 Å². The number of rotatable bonds is 6. The van der Waals surface area contributed by atoms with Crippen LogP contribution in [0.5, 0.6) is 0 Å². The zero-order valence-corrected chi connectivity index (χ0v) is 12.6. The van der Waals surface area contributed by atoms with Gasteiger partial charge in [0.1, 0.15) is 0 Å². The van der Waals surface area contributed by atoms with E-state index in [4.69, 9.17) is 0 Å². The third kappa shape index (κ3) is 3.48. The van der Waals surface area contributed by atoms with Gasteiger partial charge in [0.2, 0.25) is 0 Å². The molecule has 1 aliphatic rings. The standard InChI is InChI=1S/C17H22N2S/c1-2-6-16(7-3-1)17(19-9-4-5-10-19)13-18-12-15-8-11-20-14-15/h1-3,6-8,11,14,17-18H,4-5,9-10,12-13H2/t17-/m0/s1. The third-order valence-electron chi connectivity index (χ3n) is 4.01. The van der Waals surface area contributed by atoms with Crippen LogP contribution in [0.2, 0.25) is 0 Å². The fourth-order valence-corrected chi connectivity index (χ4v) is 3.60. The molecule has 20 heavy (non-hydrogen) atoms. The summed E-state index contributed by atoms with van der Waals surface area (Å²) in [5.74, 6) is 0. The minimum atomic E-state index is 0.511. The van der Waals surface area contributed by atoms with E-state index < -0.39 is 0 Å². The Morgan fingerprint density at radius 3 is 2.60 bits per heavy atom. The highest BCUT2D eigenvalue weighted by Crippen LogP contribution is 2.24. The minimum absolute atomic E-state index is 0.511. The van der Waals surface area contributed by atoms with Gasteiger partial charge in [-0.15, -0.1) is 0 Å². The molecule has 0 unspecified atom stereocenters. The van der Waals surface area contributed by atoms with Crippen molar-refractivity contribution in [3.05, 3.63) is 58.3 Å². The van der Waals surface area contributed by atoms with Gasteiger partial charge in [-0.25, -0.2) is 0 Å². The molecule has 0 spiro atoms. The number of thiophene rings is 1. The Balaban J connectivity index is 1.63. The van der Waals surface area contributed by atoms with Crippen molar-refractivity contribution in [1.29, 1.82) is 0 Å².